The predicted molar refractivity (Wildman–Crippen MR) is 68.7 cm³/mol. The van der Waals surface area contributed by atoms with E-state index in [9.17, 15) is 0 Å². The summed E-state index contributed by atoms with van der Waals surface area (Å²) < 4.78 is 0. The molecule has 0 aromatic carbocycles. The maximum absolute atomic E-state index is 8.71. The smallest absolute Gasteiger partial charge is 0.0431 e. The molecule has 0 radical (unpaired) electrons. The van der Waals surface area contributed by atoms with Crippen molar-refractivity contribution in [3.05, 3.63) is 0 Å². The summed E-state index contributed by atoms with van der Waals surface area (Å²) in [5.74, 6) is 0. The van der Waals surface area contributed by atoms with Crippen LogP contribution in [0.15, 0.2) is 0 Å². The third kappa shape index (κ3) is 4.81. The van der Waals surface area contributed by atoms with Gasteiger partial charge >= 0.3 is 0 Å². The second-order valence-electron chi connectivity index (χ2n) is 5.78. The first kappa shape index (κ1) is 13.9. The van der Waals surface area contributed by atoms with Gasteiger partial charge < -0.3 is 10.0 Å². The lowest BCUT2D eigenvalue weighted by atomic mass is 10.0. The van der Waals surface area contributed by atoms with Crippen LogP contribution in [0.5, 0.6) is 0 Å². The van der Waals surface area contributed by atoms with Gasteiger partial charge in [0.2, 0.25) is 0 Å². The lowest BCUT2D eigenvalue weighted by Gasteiger charge is -2.42. The highest BCUT2D eigenvalue weighted by molar-refractivity contribution is 4.81. The standard InChI is InChI=1S/C13H28N2O/c1-13(2,3)15-10-8-14(9-11-15)7-5-4-6-12-16/h16H,4-12H2,1-3H3. The third-order valence-corrected chi connectivity index (χ3v) is 3.45. The molecule has 0 saturated carbocycles. The molecule has 1 saturated heterocycles. The Labute approximate surface area is 100 Å². The first-order valence-corrected chi connectivity index (χ1v) is 6.62. The number of unbranched alkanes of at least 4 members (excludes halogenated alkanes) is 2. The van der Waals surface area contributed by atoms with Crippen molar-refractivity contribution < 1.29 is 5.11 Å². The van der Waals surface area contributed by atoms with Gasteiger partial charge in [-0.25, -0.2) is 0 Å². The minimum atomic E-state index is 0.322. The van der Waals surface area contributed by atoms with Gasteiger partial charge in [0.15, 0.2) is 0 Å². The molecule has 0 aromatic rings. The maximum Gasteiger partial charge on any atom is 0.0431 e. The van der Waals surface area contributed by atoms with E-state index in [1.807, 2.05) is 0 Å². The van der Waals surface area contributed by atoms with Gasteiger partial charge in [0.1, 0.15) is 0 Å². The minimum absolute atomic E-state index is 0.322. The molecule has 3 nitrogen and oxygen atoms in total. The van der Waals surface area contributed by atoms with Crippen molar-refractivity contribution in [2.75, 3.05) is 39.3 Å². The highest BCUT2D eigenvalue weighted by atomic mass is 16.2. The Bertz CT molecular complexity index is 181. The van der Waals surface area contributed by atoms with E-state index < -0.39 is 0 Å². The van der Waals surface area contributed by atoms with E-state index in [-0.39, 0.29) is 0 Å². The number of nitrogens with zero attached hydrogens (tertiary/aromatic N) is 2. The van der Waals surface area contributed by atoms with Crippen LogP contribution in [-0.4, -0.2) is 59.8 Å². The molecular weight excluding hydrogens is 200 g/mol. The summed E-state index contributed by atoms with van der Waals surface area (Å²) in [6.45, 7) is 13.2. The monoisotopic (exact) mass is 228 g/mol. The predicted octanol–water partition coefficient (Wildman–Crippen LogP) is 1.57. The van der Waals surface area contributed by atoms with Crippen LogP contribution >= 0.6 is 0 Å². The molecule has 0 spiro atoms. The zero-order chi connectivity index (χ0) is 12.0. The Morgan fingerprint density at radius 2 is 1.56 bits per heavy atom. The van der Waals surface area contributed by atoms with Crippen LogP contribution in [0.1, 0.15) is 40.0 Å². The van der Waals surface area contributed by atoms with Gasteiger partial charge in [0, 0.05) is 38.3 Å². The van der Waals surface area contributed by atoms with Crippen LogP contribution in [0.2, 0.25) is 0 Å². The fourth-order valence-electron chi connectivity index (χ4n) is 2.27. The van der Waals surface area contributed by atoms with Crippen molar-refractivity contribution in [2.24, 2.45) is 0 Å². The van der Waals surface area contributed by atoms with Gasteiger partial charge in [0.25, 0.3) is 0 Å². The molecular formula is C13H28N2O. The summed E-state index contributed by atoms with van der Waals surface area (Å²) in [5.41, 5.74) is 0.322. The van der Waals surface area contributed by atoms with Crippen LogP contribution in [0.25, 0.3) is 0 Å². The lowest BCUT2D eigenvalue weighted by molar-refractivity contribution is 0.0614. The second-order valence-corrected chi connectivity index (χ2v) is 5.78. The summed E-state index contributed by atoms with van der Waals surface area (Å²) >= 11 is 0. The topological polar surface area (TPSA) is 26.7 Å². The van der Waals surface area contributed by atoms with Crippen LogP contribution < -0.4 is 0 Å². The third-order valence-electron chi connectivity index (χ3n) is 3.45. The average Bonchev–Trinajstić information content (AvgIpc) is 2.24. The summed E-state index contributed by atoms with van der Waals surface area (Å²) in [7, 11) is 0. The zero-order valence-electron chi connectivity index (χ0n) is 11.2. The van der Waals surface area contributed by atoms with Crippen molar-refractivity contribution in [1.82, 2.24) is 9.80 Å². The summed E-state index contributed by atoms with van der Waals surface area (Å²) in [6, 6.07) is 0. The fraction of sp³-hybridized carbons (Fsp3) is 1.00. The van der Waals surface area contributed by atoms with Crippen molar-refractivity contribution in [2.45, 2.75) is 45.6 Å². The molecule has 0 aliphatic carbocycles. The van der Waals surface area contributed by atoms with Gasteiger partial charge in [-0.1, -0.05) is 0 Å². The Morgan fingerprint density at radius 1 is 0.938 bits per heavy atom. The first-order chi connectivity index (χ1) is 7.54. The Balaban J connectivity index is 2.12. The molecule has 0 atom stereocenters. The molecule has 0 unspecified atom stereocenters. The van der Waals surface area contributed by atoms with Gasteiger partial charge in [-0.05, 0) is 46.6 Å². The molecule has 1 fully saturated rings. The van der Waals surface area contributed by atoms with Gasteiger partial charge in [-0.15, -0.1) is 0 Å². The van der Waals surface area contributed by atoms with Gasteiger partial charge in [-0.2, -0.15) is 0 Å². The molecule has 96 valence electrons. The minimum Gasteiger partial charge on any atom is -0.396 e. The summed E-state index contributed by atoms with van der Waals surface area (Å²) in [6.07, 6.45) is 3.36. The lowest BCUT2D eigenvalue weighted by Crippen LogP contribution is -2.53. The molecule has 1 N–H and O–H groups in total. The Hall–Kier alpha value is -0.120. The van der Waals surface area contributed by atoms with Crippen LogP contribution in [0.3, 0.4) is 0 Å². The van der Waals surface area contributed by atoms with E-state index in [0.29, 0.717) is 12.1 Å². The van der Waals surface area contributed by atoms with Crippen molar-refractivity contribution in [1.29, 1.82) is 0 Å². The van der Waals surface area contributed by atoms with E-state index in [1.165, 1.54) is 39.1 Å². The van der Waals surface area contributed by atoms with E-state index in [4.69, 9.17) is 5.11 Å². The molecule has 1 aliphatic rings. The average molecular weight is 228 g/mol. The van der Waals surface area contributed by atoms with Crippen molar-refractivity contribution in [3.8, 4) is 0 Å². The second kappa shape index (κ2) is 6.58. The molecule has 16 heavy (non-hydrogen) atoms. The summed E-state index contributed by atoms with van der Waals surface area (Å²) in [5, 5.41) is 8.71. The highest BCUT2D eigenvalue weighted by Gasteiger charge is 2.25. The number of aliphatic hydroxyl groups excluding tert-OH is 1. The van der Waals surface area contributed by atoms with Crippen LogP contribution in [0, 0.1) is 0 Å². The molecule has 3 heteroatoms. The number of piperazine rings is 1. The number of hydrogen-bond acceptors (Lipinski definition) is 3. The largest absolute Gasteiger partial charge is 0.396 e. The highest BCUT2D eigenvalue weighted by Crippen LogP contribution is 2.15. The zero-order valence-corrected chi connectivity index (χ0v) is 11.2. The molecule has 1 heterocycles. The van der Waals surface area contributed by atoms with E-state index in [1.54, 1.807) is 0 Å². The van der Waals surface area contributed by atoms with E-state index in [2.05, 4.69) is 30.6 Å². The quantitative estimate of drug-likeness (QED) is 0.724. The normalized spacial score (nSPS) is 20.2. The number of rotatable bonds is 5. The van der Waals surface area contributed by atoms with Crippen LogP contribution in [0.4, 0.5) is 0 Å². The first-order valence-electron chi connectivity index (χ1n) is 6.62. The van der Waals surface area contributed by atoms with Gasteiger partial charge in [0.05, 0.1) is 0 Å². The van der Waals surface area contributed by atoms with E-state index in [0.717, 1.165) is 12.8 Å². The fourth-order valence-corrected chi connectivity index (χ4v) is 2.27. The molecule has 0 bridgehead atoms. The van der Waals surface area contributed by atoms with Crippen molar-refractivity contribution in [3.63, 3.8) is 0 Å². The molecule has 1 rings (SSSR count). The molecule has 0 amide bonds. The molecule has 0 aromatic heterocycles. The summed E-state index contributed by atoms with van der Waals surface area (Å²) in [4.78, 5) is 5.12. The Kier molecular flexibility index (Phi) is 5.73. The van der Waals surface area contributed by atoms with Crippen LogP contribution in [-0.2, 0) is 0 Å². The Morgan fingerprint density at radius 3 is 2.06 bits per heavy atom. The van der Waals surface area contributed by atoms with E-state index >= 15 is 0 Å². The maximum atomic E-state index is 8.71. The van der Waals surface area contributed by atoms with Crippen molar-refractivity contribution >= 4 is 0 Å². The SMILES string of the molecule is CC(C)(C)N1CCN(CCCCCO)CC1. The van der Waals surface area contributed by atoms with Gasteiger partial charge in [-0.3, -0.25) is 4.90 Å². The number of aliphatic hydroxyl groups is 1. The number of hydrogen-bond donors (Lipinski definition) is 1. The molecule has 1 aliphatic heterocycles.